The first-order chi connectivity index (χ1) is 10.8. The Kier molecular flexibility index (Phi) is 3.40. The molecule has 0 spiro atoms. The standard InChI is InChI=1S/C19H18O4/c1-19(2,3)12-6-4-5-11(7-12)14-10-23-17-9-16(21)15(20)8-13(17)18(14)22/h4-10,20-21H,1-3H3. The second-order valence-corrected chi connectivity index (χ2v) is 6.65. The van der Waals surface area contributed by atoms with Crippen molar-refractivity contribution in [3.05, 3.63) is 58.4 Å². The highest BCUT2D eigenvalue weighted by atomic mass is 16.3. The van der Waals surface area contributed by atoms with Crippen LogP contribution in [0.2, 0.25) is 0 Å². The molecule has 0 aliphatic heterocycles. The number of benzene rings is 2. The van der Waals surface area contributed by atoms with E-state index in [1.807, 2.05) is 24.3 Å². The van der Waals surface area contributed by atoms with Crippen LogP contribution >= 0.6 is 0 Å². The first-order valence-electron chi connectivity index (χ1n) is 7.36. The Morgan fingerprint density at radius 1 is 1.00 bits per heavy atom. The number of phenols is 2. The SMILES string of the molecule is CC(C)(C)c1cccc(-c2coc3cc(O)c(O)cc3c2=O)c1. The monoisotopic (exact) mass is 310 g/mol. The molecule has 4 heteroatoms. The van der Waals surface area contributed by atoms with Gasteiger partial charge in [-0.05, 0) is 22.6 Å². The summed E-state index contributed by atoms with van der Waals surface area (Å²) in [7, 11) is 0. The van der Waals surface area contributed by atoms with Crippen LogP contribution in [0.1, 0.15) is 26.3 Å². The van der Waals surface area contributed by atoms with E-state index in [0.717, 1.165) is 11.1 Å². The van der Waals surface area contributed by atoms with Crippen molar-refractivity contribution in [1.29, 1.82) is 0 Å². The van der Waals surface area contributed by atoms with Crippen LogP contribution in [-0.4, -0.2) is 10.2 Å². The molecule has 1 aromatic heterocycles. The summed E-state index contributed by atoms with van der Waals surface area (Å²) in [6, 6.07) is 10.2. The number of phenolic OH excluding ortho intramolecular Hbond substituents is 2. The molecule has 0 bridgehead atoms. The molecule has 0 atom stereocenters. The molecular formula is C19H18O4. The van der Waals surface area contributed by atoms with Gasteiger partial charge in [-0.2, -0.15) is 0 Å². The van der Waals surface area contributed by atoms with E-state index < -0.39 is 0 Å². The molecule has 0 saturated heterocycles. The highest BCUT2D eigenvalue weighted by Gasteiger charge is 2.16. The molecule has 2 N–H and O–H groups in total. The third-order valence-corrected chi connectivity index (χ3v) is 3.91. The van der Waals surface area contributed by atoms with Crippen LogP contribution in [0.25, 0.3) is 22.1 Å². The van der Waals surface area contributed by atoms with Crippen molar-refractivity contribution < 1.29 is 14.6 Å². The molecule has 0 fully saturated rings. The van der Waals surface area contributed by atoms with Gasteiger partial charge in [0.05, 0.1) is 10.9 Å². The Morgan fingerprint density at radius 2 is 1.70 bits per heavy atom. The number of fused-ring (bicyclic) bond motifs is 1. The second kappa shape index (κ2) is 5.16. The van der Waals surface area contributed by atoms with Crippen molar-refractivity contribution in [3.63, 3.8) is 0 Å². The summed E-state index contributed by atoms with van der Waals surface area (Å²) in [5, 5.41) is 19.4. The summed E-state index contributed by atoms with van der Waals surface area (Å²) in [4.78, 5) is 12.7. The van der Waals surface area contributed by atoms with Gasteiger partial charge in [0.25, 0.3) is 0 Å². The quantitative estimate of drug-likeness (QED) is 0.662. The minimum atomic E-state index is -0.342. The van der Waals surface area contributed by atoms with Gasteiger partial charge < -0.3 is 14.6 Å². The Hall–Kier alpha value is -2.75. The van der Waals surface area contributed by atoms with Crippen LogP contribution < -0.4 is 5.43 Å². The Morgan fingerprint density at radius 3 is 2.39 bits per heavy atom. The molecule has 0 amide bonds. The van der Waals surface area contributed by atoms with Crippen LogP contribution in [0, 0.1) is 0 Å². The van der Waals surface area contributed by atoms with Crippen LogP contribution in [0.15, 0.2) is 51.9 Å². The third kappa shape index (κ3) is 2.68. The van der Waals surface area contributed by atoms with Gasteiger partial charge in [0.1, 0.15) is 11.8 Å². The highest BCUT2D eigenvalue weighted by molar-refractivity contribution is 5.84. The van der Waals surface area contributed by atoms with E-state index in [1.54, 1.807) is 0 Å². The zero-order chi connectivity index (χ0) is 16.8. The number of hydrogen-bond donors (Lipinski definition) is 2. The topological polar surface area (TPSA) is 70.7 Å². The van der Waals surface area contributed by atoms with Crippen LogP contribution in [-0.2, 0) is 5.41 Å². The summed E-state index contributed by atoms with van der Waals surface area (Å²) in [5.74, 6) is -0.659. The van der Waals surface area contributed by atoms with Crippen molar-refractivity contribution in [3.8, 4) is 22.6 Å². The lowest BCUT2D eigenvalue weighted by atomic mass is 9.85. The fourth-order valence-corrected chi connectivity index (χ4v) is 2.51. The fraction of sp³-hybridized carbons (Fsp3) is 0.211. The Labute approximate surface area is 133 Å². The average molecular weight is 310 g/mol. The summed E-state index contributed by atoms with van der Waals surface area (Å²) in [6.45, 7) is 6.32. The maximum absolute atomic E-state index is 12.7. The number of aromatic hydroxyl groups is 2. The van der Waals surface area contributed by atoms with Crippen LogP contribution in [0.4, 0.5) is 0 Å². The van der Waals surface area contributed by atoms with E-state index in [0.29, 0.717) is 5.56 Å². The number of rotatable bonds is 1. The van der Waals surface area contributed by atoms with Crippen molar-refractivity contribution >= 4 is 11.0 Å². The Bertz CT molecular complexity index is 946. The van der Waals surface area contributed by atoms with E-state index in [4.69, 9.17) is 4.42 Å². The lowest BCUT2D eigenvalue weighted by Crippen LogP contribution is -2.11. The minimum Gasteiger partial charge on any atom is -0.504 e. The van der Waals surface area contributed by atoms with Gasteiger partial charge in [0.15, 0.2) is 11.5 Å². The zero-order valence-corrected chi connectivity index (χ0v) is 13.3. The summed E-state index contributed by atoms with van der Waals surface area (Å²) in [6.07, 6.45) is 1.39. The molecule has 0 aliphatic rings. The van der Waals surface area contributed by atoms with E-state index in [9.17, 15) is 15.0 Å². The Balaban J connectivity index is 2.24. The summed E-state index contributed by atoms with van der Waals surface area (Å²) < 4.78 is 5.47. The van der Waals surface area contributed by atoms with E-state index in [1.165, 1.54) is 18.4 Å². The molecule has 0 unspecified atom stereocenters. The molecule has 0 saturated carbocycles. The van der Waals surface area contributed by atoms with Gasteiger partial charge in [-0.15, -0.1) is 0 Å². The molecule has 0 radical (unpaired) electrons. The fourth-order valence-electron chi connectivity index (χ4n) is 2.51. The van der Waals surface area contributed by atoms with Crippen molar-refractivity contribution in [2.45, 2.75) is 26.2 Å². The predicted molar refractivity (Wildman–Crippen MR) is 89.9 cm³/mol. The van der Waals surface area contributed by atoms with Gasteiger partial charge in [-0.3, -0.25) is 4.79 Å². The van der Waals surface area contributed by atoms with Gasteiger partial charge in [-0.1, -0.05) is 45.0 Å². The van der Waals surface area contributed by atoms with Gasteiger partial charge in [-0.25, -0.2) is 0 Å². The largest absolute Gasteiger partial charge is 0.504 e. The highest BCUT2D eigenvalue weighted by Crippen LogP contribution is 2.31. The molecule has 4 nitrogen and oxygen atoms in total. The minimum absolute atomic E-state index is 0.0306. The molecular weight excluding hydrogens is 292 g/mol. The maximum atomic E-state index is 12.7. The van der Waals surface area contributed by atoms with Gasteiger partial charge in [0, 0.05) is 6.07 Å². The van der Waals surface area contributed by atoms with Crippen LogP contribution in [0.3, 0.4) is 0 Å². The third-order valence-electron chi connectivity index (χ3n) is 3.91. The van der Waals surface area contributed by atoms with Crippen LogP contribution in [0.5, 0.6) is 11.5 Å². The van der Waals surface area contributed by atoms with Gasteiger partial charge >= 0.3 is 0 Å². The average Bonchev–Trinajstić information content (AvgIpc) is 2.49. The smallest absolute Gasteiger partial charge is 0.200 e. The van der Waals surface area contributed by atoms with E-state index >= 15 is 0 Å². The maximum Gasteiger partial charge on any atom is 0.200 e. The van der Waals surface area contributed by atoms with Gasteiger partial charge in [0.2, 0.25) is 5.43 Å². The van der Waals surface area contributed by atoms with E-state index in [2.05, 4.69) is 20.8 Å². The molecule has 2 aromatic carbocycles. The number of hydrogen-bond acceptors (Lipinski definition) is 4. The molecule has 0 aliphatic carbocycles. The van der Waals surface area contributed by atoms with Crippen molar-refractivity contribution in [2.24, 2.45) is 0 Å². The molecule has 1 heterocycles. The van der Waals surface area contributed by atoms with Crippen molar-refractivity contribution in [1.82, 2.24) is 0 Å². The zero-order valence-electron chi connectivity index (χ0n) is 13.3. The first-order valence-corrected chi connectivity index (χ1v) is 7.36. The summed E-state index contributed by atoms with van der Waals surface area (Å²) >= 11 is 0. The molecule has 23 heavy (non-hydrogen) atoms. The van der Waals surface area contributed by atoms with Crippen molar-refractivity contribution in [2.75, 3.05) is 0 Å². The normalized spacial score (nSPS) is 11.8. The first kappa shape index (κ1) is 15.2. The lowest BCUT2D eigenvalue weighted by molar-refractivity contribution is 0.403. The molecule has 3 rings (SSSR count). The predicted octanol–water partition coefficient (Wildman–Crippen LogP) is 4.17. The van der Waals surface area contributed by atoms with E-state index in [-0.39, 0.29) is 33.3 Å². The second-order valence-electron chi connectivity index (χ2n) is 6.65. The summed E-state index contributed by atoms with van der Waals surface area (Å²) in [5.41, 5.74) is 2.27. The molecule has 3 aromatic rings. The lowest BCUT2D eigenvalue weighted by Gasteiger charge is -2.19. The molecule has 118 valence electrons.